The highest BCUT2D eigenvalue weighted by molar-refractivity contribution is 7.91. The smallest absolute Gasteiger partial charge is 0.179 e. The van der Waals surface area contributed by atoms with Crippen molar-refractivity contribution in [1.82, 2.24) is 4.90 Å². The summed E-state index contributed by atoms with van der Waals surface area (Å²) >= 11 is 0. The number of likely N-dealkylation sites (N-methyl/N-ethyl adjacent to an activating group) is 1. The van der Waals surface area contributed by atoms with Gasteiger partial charge in [0.15, 0.2) is 9.84 Å². The Hall–Kier alpha value is -1.42. The normalized spacial score (nSPS) is 22.4. The quantitative estimate of drug-likeness (QED) is 0.823. The minimum absolute atomic E-state index is 0.0433. The Morgan fingerprint density at radius 2 is 2.24 bits per heavy atom. The van der Waals surface area contributed by atoms with Crippen molar-refractivity contribution in [2.75, 3.05) is 26.0 Å². The van der Waals surface area contributed by atoms with Gasteiger partial charge in [-0.1, -0.05) is 6.07 Å². The first-order chi connectivity index (χ1) is 9.94. The number of hydrogen-bond acceptors (Lipinski definition) is 5. The van der Waals surface area contributed by atoms with Crippen molar-refractivity contribution in [3.8, 4) is 6.07 Å². The van der Waals surface area contributed by atoms with E-state index in [1.165, 1.54) is 12.1 Å². The molecule has 114 valence electrons. The first-order valence-electron chi connectivity index (χ1n) is 6.99. The SMILES string of the molecule is CC1OCCC1N(C)CCS(=O)(=O)c1cccc(C#N)c1. The summed E-state index contributed by atoms with van der Waals surface area (Å²) in [6.07, 6.45) is 1.07. The van der Waals surface area contributed by atoms with E-state index in [-0.39, 0.29) is 22.8 Å². The number of benzene rings is 1. The molecular formula is C15H20N2O3S. The Labute approximate surface area is 126 Å². The Bertz CT molecular complexity index is 637. The molecule has 2 atom stereocenters. The van der Waals surface area contributed by atoms with E-state index >= 15 is 0 Å². The molecule has 6 heteroatoms. The summed E-state index contributed by atoms with van der Waals surface area (Å²) in [6.45, 7) is 3.20. The molecule has 1 aliphatic rings. The van der Waals surface area contributed by atoms with Crippen molar-refractivity contribution in [1.29, 1.82) is 5.26 Å². The molecule has 21 heavy (non-hydrogen) atoms. The second kappa shape index (κ2) is 6.56. The lowest BCUT2D eigenvalue weighted by Gasteiger charge is -2.26. The van der Waals surface area contributed by atoms with Gasteiger partial charge in [-0.05, 0) is 38.6 Å². The molecule has 5 nitrogen and oxygen atoms in total. The van der Waals surface area contributed by atoms with Crippen molar-refractivity contribution in [3.05, 3.63) is 29.8 Å². The summed E-state index contributed by atoms with van der Waals surface area (Å²) in [7, 11) is -1.44. The van der Waals surface area contributed by atoms with Gasteiger partial charge in [-0.15, -0.1) is 0 Å². The summed E-state index contributed by atoms with van der Waals surface area (Å²) < 4.78 is 30.2. The van der Waals surface area contributed by atoms with Crippen molar-refractivity contribution in [3.63, 3.8) is 0 Å². The largest absolute Gasteiger partial charge is 0.377 e. The van der Waals surface area contributed by atoms with Crippen molar-refractivity contribution in [2.45, 2.75) is 30.4 Å². The molecule has 0 saturated carbocycles. The van der Waals surface area contributed by atoms with Gasteiger partial charge in [-0.25, -0.2) is 8.42 Å². The Balaban J connectivity index is 2.02. The van der Waals surface area contributed by atoms with E-state index < -0.39 is 9.84 Å². The van der Waals surface area contributed by atoms with Crippen LogP contribution >= 0.6 is 0 Å². The molecule has 1 heterocycles. The van der Waals surface area contributed by atoms with Crippen molar-refractivity contribution < 1.29 is 13.2 Å². The van der Waals surface area contributed by atoms with Crippen LogP contribution in [0.5, 0.6) is 0 Å². The van der Waals surface area contributed by atoms with E-state index in [1.807, 2.05) is 24.9 Å². The third-order valence-electron chi connectivity index (χ3n) is 3.94. The monoisotopic (exact) mass is 308 g/mol. The van der Waals surface area contributed by atoms with Crippen LogP contribution in [0, 0.1) is 11.3 Å². The van der Waals surface area contributed by atoms with Crippen LogP contribution in [0.4, 0.5) is 0 Å². The standard InChI is InChI=1S/C15H20N2O3S/c1-12-15(6-8-20-12)17(2)7-9-21(18,19)14-5-3-4-13(10-14)11-16/h3-5,10,12,15H,6-9H2,1-2H3. The molecule has 2 rings (SSSR count). The zero-order valence-corrected chi connectivity index (χ0v) is 13.1. The highest BCUT2D eigenvalue weighted by Gasteiger charge is 2.28. The maximum Gasteiger partial charge on any atom is 0.179 e. The van der Waals surface area contributed by atoms with Gasteiger partial charge in [0.25, 0.3) is 0 Å². The maximum absolute atomic E-state index is 12.3. The molecule has 0 amide bonds. The molecule has 1 aromatic carbocycles. The Morgan fingerprint density at radius 1 is 1.48 bits per heavy atom. The highest BCUT2D eigenvalue weighted by atomic mass is 32.2. The molecular weight excluding hydrogens is 288 g/mol. The van der Waals surface area contributed by atoms with E-state index in [0.717, 1.165) is 13.0 Å². The minimum atomic E-state index is -3.37. The molecule has 0 spiro atoms. The van der Waals surface area contributed by atoms with Crippen LogP contribution in [0.1, 0.15) is 18.9 Å². The third kappa shape index (κ3) is 3.82. The molecule has 1 aromatic rings. The average Bonchev–Trinajstić information content (AvgIpc) is 2.91. The lowest BCUT2D eigenvalue weighted by molar-refractivity contribution is 0.0856. The summed E-state index contributed by atoms with van der Waals surface area (Å²) in [5.74, 6) is 0.0433. The topological polar surface area (TPSA) is 70.4 Å². The Morgan fingerprint density at radius 3 is 2.86 bits per heavy atom. The molecule has 0 N–H and O–H groups in total. The van der Waals surface area contributed by atoms with E-state index in [4.69, 9.17) is 10.00 Å². The predicted molar refractivity (Wildman–Crippen MR) is 79.7 cm³/mol. The fraction of sp³-hybridized carbons (Fsp3) is 0.533. The van der Waals surface area contributed by atoms with E-state index in [2.05, 4.69) is 0 Å². The maximum atomic E-state index is 12.3. The van der Waals surface area contributed by atoms with Crippen LogP contribution in [-0.2, 0) is 14.6 Å². The first kappa shape index (κ1) is 16.0. The lowest BCUT2D eigenvalue weighted by atomic mass is 10.1. The minimum Gasteiger partial charge on any atom is -0.377 e. The van der Waals surface area contributed by atoms with Crippen LogP contribution in [-0.4, -0.2) is 51.4 Å². The van der Waals surface area contributed by atoms with Gasteiger partial charge >= 0.3 is 0 Å². The summed E-state index contributed by atoms with van der Waals surface area (Å²) in [4.78, 5) is 2.26. The van der Waals surface area contributed by atoms with Crippen LogP contribution in [0.25, 0.3) is 0 Å². The van der Waals surface area contributed by atoms with E-state index in [1.54, 1.807) is 12.1 Å². The number of nitriles is 1. The van der Waals surface area contributed by atoms with Crippen LogP contribution in [0.15, 0.2) is 29.2 Å². The summed E-state index contributed by atoms with van der Waals surface area (Å²) in [5, 5.41) is 8.85. The molecule has 1 aliphatic heterocycles. The summed E-state index contributed by atoms with van der Waals surface area (Å²) in [5.41, 5.74) is 0.363. The van der Waals surface area contributed by atoms with E-state index in [9.17, 15) is 8.42 Å². The van der Waals surface area contributed by atoms with Crippen LogP contribution in [0.3, 0.4) is 0 Å². The fourth-order valence-electron chi connectivity index (χ4n) is 2.61. The van der Waals surface area contributed by atoms with Crippen molar-refractivity contribution >= 4 is 9.84 Å². The van der Waals surface area contributed by atoms with Gasteiger partial charge in [0.1, 0.15) is 0 Å². The second-order valence-electron chi connectivity index (χ2n) is 5.37. The van der Waals surface area contributed by atoms with E-state index in [0.29, 0.717) is 12.1 Å². The molecule has 1 fully saturated rings. The molecule has 2 unspecified atom stereocenters. The third-order valence-corrected chi connectivity index (χ3v) is 5.63. The number of sulfone groups is 1. The van der Waals surface area contributed by atoms with Gasteiger partial charge in [0.05, 0.1) is 28.4 Å². The van der Waals surface area contributed by atoms with Gasteiger partial charge in [0, 0.05) is 19.2 Å². The van der Waals surface area contributed by atoms with Gasteiger partial charge in [-0.3, -0.25) is 4.90 Å². The number of rotatable bonds is 5. The number of nitrogens with zero attached hydrogens (tertiary/aromatic N) is 2. The fourth-order valence-corrected chi connectivity index (χ4v) is 3.96. The molecule has 0 aliphatic carbocycles. The molecule has 1 saturated heterocycles. The molecule has 0 aromatic heterocycles. The zero-order chi connectivity index (χ0) is 15.5. The Kier molecular flexibility index (Phi) is 4.99. The highest BCUT2D eigenvalue weighted by Crippen LogP contribution is 2.19. The second-order valence-corrected chi connectivity index (χ2v) is 7.48. The zero-order valence-electron chi connectivity index (χ0n) is 12.3. The van der Waals surface area contributed by atoms with Crippen LogP contribution in [0.2, 0.25) is 0 Å². The predicted octanol–water partition coefficient (Wildman–Crippen LogP) is 1.44. The summed E-state index contributed by atoms with van der Waals surface area (Å²) in [6, 6.07) is 8.40. The molecule has 0 radical (unpaired) electrons. The van der Waals surface area contributed by atoms with Crippen LogP contribution < -0.4 is 0 Å². The van der Waals surface area contributed by atoms with Crippen molar-refractivity contribution in [2.24, 2.45) is 0 Å². The van der Waals surface area contributed by atoms with Gasteiger partial charge in [-0.2, -0.15) is 5.26 Å². The van der Waals surface area contributed by atoms with Gasteiger partial charge in [0.2, 0.25) is 0 Å². The number of hydrogen-bond donors (Lipinski definition) is 0. The van der Waals surface area contributed by atoms with Gasteiger partial charge < -0.3 is 4.74 Å². The number of ether oxygens (including phenoxy) is 1. The lowest BCUT2D eigenvalue weighted by Crippen LogP contribution is -2.39. The first-order valence-corrected chi connectivity index (χ1v) is 8.64. The molecule has 0 bridgehead atoms. The average molecular weight is 308 g/mol.